The lowest BCUT2D eigenvalue weighted by molar-refractivity contribution is -0.126. The number of carbonyl (C=O) groups is 1. The number of methoxy groups -OCH3 is 1. The molecule has 31 heavy (non-hydrogen) atoms. The van der Waals surface area contributed by atoms with Crippen LogP contribution in [0.3, 0.4) is 0 Å². The SMILES string of the molecule is COc1ccc(N2CCN3c4ccccc4CC(C(=O)NCC4CCCO4)C3C2)cc1. The van der Waals surface area contributed by atoms with Gasteiger partial charge in [-0.15, -0.1) is 0 Å². The fraction of sp³-hybridized carbons (Fsp3) is 0.480. The molecule has 3 atom stereocenters. The van der Waals surface area contributed by atoms with Crippen LogP contribution in [0.1, 0.15) is 18.4 Å². The molecule has 0 radical (unpaired) electrons. The number of nitrogens with one attached hydrogen (secondary N) is 1. The Hall–Kier alpha value is -2.73. The van der Waals surface area contributed by atoms with Crippen LogP contribution in [0.2, 0.25) is 0 Å². The highest BCUT2D eigenvalue weighted by Crippen LogP contribution is 2.37. The van der Waals surface area contributed by atoms with E-state index in [2.05, 4.69) is 51.5 Å². The zero-order chi connectivity index (χ0) is 21.2. The molecule has 3 aliphatic heterocycles. The molecule has 2 aromatic rings. The van der Waals surface area contributed by atoms with E-state index in [4.69, 9.17) is 9.47 Å². The number of rotatable bonds is 5. The predicted octanol–water partition coefficient (Wildman–Crippen LogP) is 2.86. The minimum atomic E-state index is -0.0719. The number of piperazine rings is 1. The first-order valence-electron chi connectivity index (χ1n) is 11.4. The second-order valence-electron chi connectivity index (χ2n) is 8.72. The van der Waals surface area contributed by atoms with Crippen molar-refractivity contribution in [2.75, 3.05) is 49.7 Å². The fourth-order valence-electron chi connectivity index (χ4n) is 5.24. The number of carbonyl (C=O) groups excluding carboxylic acids is 1. The molecule has 6 nitrogen and oxygen atoms in total. The van der Waals surface area contributed by atoms with E-state index >= 15 is 0 Å². The molecule has 3 heterocycles. The lowest BCUT2D eigenvalue weighted by Gasteiger charge is -2.49. The number of benzene rings is 2. The van der Waals surface area contributed by atoms with Crippen molar-refractivity contribution in [1.29, 1.82) is 0 Å². The number of hydrogen-bond donors (Lipinski definition) is 1. The maximum atomic E-state index is 13.3. The molecule has 2 aromatic carbocycles. The normalized spacial score (nSPS) is 25.0. The number of amides is 1. The quantitative estimate of drug-likeness (QED) is 0.805. The lowest BCUT2D eigenvalue weighted by atomic mass is 9.83. The van der Waals surface area contributed by atoms with E-state index in [1.54, 1.807) is 7.11 Å². The van der Waals surface area contributed by atoms with Crippen LogP contribution in [0.5, 0.6) is 5.75 Å². The van der Waals surface area contributed by atoms with Crippen LogP contribution in [0.15, 0.2) is 48.5 Å². The molecule has 3 aliphatic rings. The minimum absolute atomic E-state index is 0.0719. The van der Waals surface area contributed by atoms with Crippen LogP contribution in [-0.4, -0.2) is 57.9 Å². The van der Waals surface area contributed by atoms with Gasteiger partial charge in [0, 0.05) is 44.2 Å². The van der Waals surface area contributed by atoms with Gasteiger partial charge in [-0.2, -0.15) is 0 Å². The molecule has 0 aromatic heterocycles. The van der Waals surface area contributed by atoms with E-state index in [1.165, 1.54) is 16.9 Å². The average molecular weight is 422 g/mol. The van der Waals surface area contributed by atoms with Gasteiger partial charge < -0.3 is 24.6 Å². The molecule has 0 saturated carbocycles. The van der Waals surface area contributed by atoms with Crippen molar-refractivity contribution in [2.24, 2.45) is 5.92 Å². The van der Waals surface area contributed by atoms with Gasteiger partial charge in [-0.3, -0.25) is 4.79 Å². The van der Waals surface area contributed by atoms with E-state index in [9.17, 15) is 4.79 Å². The maximum absolute atomic E-state index is 13.3. The van der Waals surface area contributed by atoms with Crippen LogP contribution in [0.25, 0.3) is 0 Å². The molecule has 2 saturated heterocycles. The summed E-state index contributed by atoms with van der Waals surface area (Å²) in [5.74, 6) is 0.939. The first kappa shape index (κ1) is 20.2. The highest BCUT2D eigenvalue weighted by atomic mass is 16.5. The molecule has 5 rings (SSSR count). The Balaban J connectivity index is 1.36. The van der Waals surface area contributed by atoms with E-state index in [0.717, 1.165) is 51.3 Å². The van der Waals surface area contributed by atoms with E-state index in [1.807, 2.05) is 12.1 Å². The third kappa shape index (κ3) is 4.09. The monoisotopic (exact) mass is 421 g/mol. The Morgan fingerprint density at radius 2 is 2.00 bits per heavy atom. The van der Waals surface area contributed by atoms with Crippen LogP contribution in [-0.2, 0) is 16.0 Å². The van der Waals surface area contributed by atoms with Gasteiger partial charge in [0.05, 0.1) is 25.2 Å². The Morgan fingerprint density at radius 3 is 2.77 bits per heavy atom. The average Bonchev–Trinajstić information content (AvgIpc) is 3.35. The molecule has 6 heteroatoms. The number of para-hydroxylation sites is 1. The topological polar surface area (TPSA) is 54.0 Å². The van der Waals surface area contributed by atoms with Crippen molar-refractivity contribution in [3.05, 3.63) is 54.1 Å². The van der Waals surface area contributed by atoms with Crippen molar-refractivity contribution in [3.63, 3.8) is 0 Å². The molecule has 1 amide bonds. The van der Waals surface area contributed by atoms with Crippen molar-refractivity contribution in [1.82, 2.24) is 5.32 Å². The standard InChI is InChI=1S/C25H31N3O3/c1-30-20-10-8-19(9-11-20)27-12-13-28-23-7-3-2-5-18(23)15-22(24(28)17-27)25(29)26-16-21-6-4-14-31-21/h2-3,5,7-11,21-22,24H,4,6,12-17H2,1H3,(H,26,29). The number of nitrogens with zero attached hydrogens (tertiary/aromatic N) is 2. The molecule has 1 N–H and O–H groups in total. The van der Waals surface area contributed by atoms with Gasteiger partial charge in [0.15, 0.2) is 0 Å². The van der Waals surface area contributed by atoms with Crippen LogP contribution in [0, 0.1) is 5.92 Å². The Kier molecular flexibility index (Phi) is 5.72. The number of anilines is 2. The number of hydrogen-bond acceptors (Lipinski definition) is 5. The first-order valence-corrected chi connectivity index (χ1v) is 11.4. The van der Waals surface area contributed by atoms with E-state index in [0.29, 0.717) is 6.54 Å². The van der Waals surface area contributed by atoms with Gasteiger partial charge in [0.25, 0.3) is 0 Å². The Labute approximate surface area is 184 Å². The van der Waals surface area contributed by atoms with Crippen LogP contribution in [0.4, 0.5) is 11.4 Å². The molecule has 164 valence electrons. The molecule has 2 fully saturated rings. The molecule has 0 bridgehead atoms. The first-order chi connectivity index (χ1) is 15.2. The summed E-state index contributed by atoms with van der Waals surface area (Å²) >= 11 is 0. The second kappa shape index (κ2) is 8.79. The van der Waals surface area contributed by atoms with Crippen molar-refractivity contribution < 1.29 is 14.3 Å². The summed E-state index contributed by atoms with van der Waals surface area (Å²) in [5.41, 5.74) is 3.73. The zero-order valence-electron chi connectivity index (χ0n) is 18.1. The van der Waals surface area contributed by atoms with Crippen molar-refractivity contribution in [3.8, 4) is 5.75 Å². The van der Waals surface area contributed by atoms with Crippen LogP contribution >= 0.6 is 0 Å². The zero-order valence-corrected chi connectivity index (χ0v) is 18.1. The Bertz CT molecular complexity index is 910. The van der Waals surface area contributed by atoms with E-state index < -0.39 is 0 Å². The minimum Gasteiger partial charge on any atom is -0.497 e. The second-order valence-corrected chi connectivity index (χ2v) is 8.72. The fourth-order valence-corrected chi connectivity index (χ4v) is 5.24. The summed E-state index contributed by atoms with van der Waals surface area (Å²) in [6, 6.07) is 16.9. The van der Waals surface area contributed by atoms with Gasteiger partial charge >= 0.3 is 0 Å². The van der Waals surface area contributed by atoms with Gasteiger partial charge in [0.2, 0.25) is 5.91 Å². The smallest absolute Gasteiger partial charge is 0.225 e. The summed E-state index contributed by atoms with van der Waals surface area (Å²) in [6.45, 7) is 4.10. The van der Waals surface area contributed by atoms with Gasteiger partial charge in [-0.1, -0.05) is 18.2 Å². The third-order valence-corrected chi connectivity index (χ3v) is 6.93. The largest absolute Gasteiger partial charge is 0.497 e. The van der Waals surface area contributed by atoms with Crippen molar-refractivity contribution >= 4 is 17.3 Å². The summed E-state index contributed by atoms with van der Waals surface area (Å²) in [5, 5.41) is 3.20. The van der Waals surface area contributed by atoms with Gasteiger partial charge in [0.1, 0.15) is 5.75 Å². The maximum Gasteiger partial charge on any atom is 0.225 e. The molecular weight excluding hydrogens is 390 g/mol. The van der Waals surface area contributed by atoms with Gasteiger partial charge in [-0.25, -0.2) is 0 Å². The lowest BCUT2D eigenvalue weighted by Crippen LogP contribution is -2.61. The molecular formula is C25H31N3O3. The third-order valence-electron chi connectivity index (χ3n) is 6.93. The molecule has 3 unspecified atom stereocenters. The van der Waals surface area contributed by atoms with Crippen molar-refractivity contribution in [2.45, 2.75) is 31.4 Å². The van der Waals surface area contributed by atoms with Crippen LogP contribution < -0.4 is 19.9 Å². The van der Waals surface area contributed by atoms with Gasteiger partial charge in [-0.05, 0) is 55.2 Å². The number of ether oxygens (including phenoxy) is 2. The summed E-state index contributed by atoms with van der Waals surface area (Å²) in [7, 11) is 1.69. The molecule has 0 spiro atoms. The highest BCUT2D eigenvalue weighted by Gasteiger charge is 2.41. The summed E-state index contributed by atoms with van der Waals surface area (Å²) < 4.78 is 11.0. The summed E-state index contributed by atoms with van der Waals surface area (Å²) in [4.78, 5) is 18.2. The Morgan fingerprint density at radius 1 is 1.16 bits per heavy atom. The highest BCUT2D eigenvalue weighted by molar-refractivity contribution is 5.82. The number of fused-ring (bicyclic) bond motifs is 3. The molecule has 0 aliphatic carbocycles. The predicted molar refractivity (Wildman–Crippen MR) is 122 cm³/mol. The van der Waals surface area contributed by atoms with E-state index in [-0.39, 0.29) is 24.0 Å². The summed E-state index contributed by atoms with van der Waals surface area (Å²) in [6.07, 6.45) is 3.07.